The van der Waals surface area contributed by atoms with Crippen molar-refractivity contribution < 1.29 is 40.3 Å². The van der Waals surface area contributed by atoms with Crippen LogP contribution in [0.2, 0.25) is 0 Å². The van der Waals surface area contributed by atoms with Gasteiger partial charge in [0.1, 0.15) is 5.82 Å². The number of aryl methyl sites for hydroxylation is 1. The Morgan fingerprint density at radius 2 is 1.81 bits per heavy atom. The molecule has 2 bridgehead atoms. The zero-order chi connectivity index (χ0) is 23.9. The van der Waals surface area contributed by atoms with Crippen LogP contribution in [0.4, 0.5) is 30.7 Å². The van der Waals surface area contributed by atoms with Crippen LogP contribution in [0.5, 0.6) is 0 Å². The van der Waals surface area contributed by atoms with E-state index in [-0.39, 0.29) is 10.7 Å². The van der Waals surface area contributed by atoms with Crippen molar-refractivity contribution in [1.82, 2.24) is 14.9 Å². The van der Waals surface area contributed by atoms with Crippen molar-refractivity contribution >= 4 is 5.91 Å². The van der Waals surface area contributed by atoms with Crippen molar-refractivity contribution in [3.63, 3.8) is 0 Å². The number of rotatable bonds is 3. The molecule has 0 spiro atoms. The van der Waals surface area contributed by atoms with Gasteiger partial charge in [-0.15, -0.1) is 0 Å². The summed E-state index contributed by atoms with van der Waals surface area (Å²) in [6.45, 7) is 0.0433. The minimum atomic E-state index is -5.05. The number of hydrogen-bond acceptors (Lipinski definition) is 4. The molecule has 0 aliphatic carbocycles. The number of carbonyl (C=O) groups is 1. The molecule has 32 heavy (non-hydrogen) atoms. The number of ether oxygens (including phenoxy) is 1. The topological polar surface area (TPSA) is 55.3 Å². The van der Waals surface area contributed by atoms with Crippen LogP contribution in [0.3, 0.4) is 0 Å². The monoisotopic (exact) mass is 471 g/mol. The summed E-state index contributed by atoms with van der Waals surface area (Å²) in [4.78, 5) is 18.3. The summed E-state index contributed by atoms with van der Waals surface area (Å²) in [5, 5.41) is 0. The molecule has 1 amide bonds. The van der Waals surface area contributed by atoms with E-state index in [2.05, 4.69) is 16.9 Å². The first-order chi connectivity index (χ1) is 14.7. The Balaban J connectivity index is 0.000000238. The van der Waals surface area contributed by atoms with Crippen molar-refractivity contribution in [3.05, 3.63) is 23.3 Å². The number of aromatic nitrogens is 2. The normalized spacial score (nSPS) is 27.9. The molecule has 0 radical (unpaired) electrons. The van der Waals surface area contributed by atoms with Gasteiger partial charge in [-0.3, -0.25) is 4.79 Å². The van der Waals surface area contributed by atoms with Crippen molar-refractivity contribution in [3.8, 4) is 0 Å². The van der Waals surface area contributed by atoms with E-state index in [9.17, 15) is 35.5 Å². The van der Waals surface area contributed by atoms with E-state index in [1.54, 1.807) is 0 Å². The number of hydrogen-bond donors (Lipinski definition) is 0. The molecule has 12 heteroatoms. The molecular weight excluding hydrogens is 447 g/mol. The highest BCUT2D eigenvalue weighted by Crippen LogP contribution is 2.42. The lowest BCUT2D eigenvalue weighted by atomic mass is 9.86. The molecule has 3 atom stereocenters. The van der Waals surface area contributed by atoms with Crippen molar-refractivity contribution in [2.75, 3.05) is 13.1 Å². The average Bonchev–Trinajstić information content (AvgIpc) is 3.35. The van der Waals surface area contributed by atoms with E-state index in [4.69, 9.17) is 4.74 Å². The van der Waals surface area contributed by atoms with Gasteiger partial charge < -0.3 is 9.64 Å². The van der Waals surface area contributed by atoms with Gasteiger partial charge >= 0.3 is 18.0 Å². The number of alkyl halides is 7. The molecule has 5 nitrogen and oxygen atoms in total. The van der Waals surface area contributed by atoms with E-state index in [1.807, 2.05) is 0 Å². The number of fused-ring (bicyclic) bond motifs is 2. The molecule has 180 valence electrons. The molecule has 1 aromatic heterocycles. The van der Waals surface area contributed by atoms with Crippen LogP contribution in [-0.2, 0) is 10.9 Å². The predicted molar refractivity (Wildman–Crippen MR) is 98.5 cm³/mol. The van der Waals surface area contributed by atoms with Gasteiger partial charge in [-0.1, -0.05) is 13.3 Å². The Labute approximate surface area is 180 Å². The fourth-order valence-electron chi connectivity index (χ4n) is 4.34. The van der Waals surface area contributed by atoms with Crippen LogP contribution in [0.1, 0.15) is 60.9 Å². The Hall–Kier alpha value is -1.98. The molecule has 3 fully saturated rings. The number of amides is 1. The summed E-state index contributed by atoms with van der Waals surface area (Å²) in [7, 11) is 0. The summed E-state index contributed by atoms with van der Waals surface area (Å²) in [6.07, 6.45) is 3.51. The maximum atomic E-state index is 13.0. The molecule has 0 N–H and O–H groups in total. The molecule has 3 aliphatic rings. The van der Waals surface area contributed by atoms with Gasteiger partial charge in [0.05, 0.1) is 30.9 Å². The van der Waals surface area contributed by atoms with Crippen molar-refractivity contribution in [2.24, 2.45) is 5.92 Å². The van der Waals surface area contributed by atoms with Gasteiger partial charge in [0.2, 0.25) is 0 Å². The van der Waals surface area contributed by atoms with Crippen LogP contribution < -0.4 is 0 Å². The van der Waals surface area contributed by atoms with E-state index >= 15 is 0 Å². The smallest absolute Gasteiger partial charge is 0.375 e. The highest BCUT2D eigenvalue weighted by molar-refractivity contribution is 5.95. The summed E-state index contributed by atoms with van der Waals surface area (Å²) in [5.74, 6) is -10.0. The SMILES string of the molecule is CCC[C@@H]1CC2CCC1O2.Cc1ncc(C(=O)N2CC(F)(F)C(F)(F)C2)c(C(F)(F)F)n1. The maximum absolute atomic E-state index is 13.0. The number of carbonyl (C=O) groups excluding carboxylic acids is 1. The second-order valence-electron chi connectivity index (χ2n) is 8.41. The molecule has 1 aromatic rings. The second kappa shape index (κ2) is 8.75. The lowest BCUT2D eigenvalue weighted by Gasteiger charge is -2.17. The summed E-state index contributed by atoms with van der Waals surface area (Å²) < 4.78 is 96.4. The van der Waals surface area contributed by atoms with Crippen LogP contribution in [0.15, 0.2) is 6.20 Å². The summed E-state index contributed by atoms with van der Waals surface area (Å²) >= 11 is 0. The quantitative estimate of drug-likeness (QED) is 0.590. The Kier molecular flexibility index (Phi) is 6.74. The highest BCUT2D eigenvalue weighted by atomic mass is 19.4. The van der Waals surface area contributed by atoms with Crippen molar-refractivity contribution in [1.29, 1.82) is 0 Å². The van der Waals surface area contributed by atoms with Gasteiger partial charge in [-0.05, 0) is 38.5 Å². The standard InChI is InChI=1S/C11H8F7N3O.C9H16O/c1-5-19-2-6(7(20-5)11(16,17)18)8(22)21-3-9(12,13)10(14,15)4-21;1-2-3-7-6-8-4-5-9(7)10-8/h2H,3-4H2,1H3;7-9H,2-6H2,1H3/t;7-,8?,9?/m.1/s1. The molecule has 4 heterocycles. The first kappa shape index (κ1) is 24.7. The van der Waals surface area contributed by atoms with Gasteiger partial charge in [-0.2, -0.15) is 30.7 Å². The minimum absolute atomic E-state index is 0.0384. The lowest BCUT2D eigenvalue weighted by molar-refractivity contribution is -0.172. The molecule has 3 saturated heterocycles. The first-order valence-electron chi connectivity index (χ1n) is 10.4. The van der Waals surface area contributed by atoms with Crippen LogP contribution >= 0.6 is 0 Å². The second-order valence-corrected chi connectivity index (χ2v) is 8.41. The lowest BCUT2D eigenvalue weighted by Crippen LogP contribution is -2.38. The van der Waals surface area contributed by atoms with Gasteiger partial charge in [-0.25, -0.2) is 9.97 Å². The predicted octanol–water partition coefficient (Wildman–Crippen LogP) is 4.88. The van der Waals surface area contributed by atoms with Crippen LogP contribution in [0.25, 0.3) is 0 Å². The van der Waals surface area contributed by atoms with Crippen molar-refractivity contribution in [2.45, 2.75) is 76.2 Å². The van der Waals surface area contributed by atoms with E-state index < -0.39 is 48.3 Å². The van der Waals surface area contributed by atoms with Crippen LogP contribution in [0, 0.1) is 12.8 Å². The molecule has 0 saturated carbocycles. The number of likely N-dealkylation sites (tertiary alicyclic amines) is 1. The van der Waals surface area contributed by atoms with Gasteiger partial charge in [0, 0.05) is 6.20 Å². The van der Waals surface area contributed by atoms with Gasteiger partial charge in [0.25, 0.3) is 5.91 Å². The van der Waals surface area contributed by atoms with Gasteiger partial charge in [0.15, 0.2) is 5.69 Å². The fraction of sp³-hybridized carbons (Fsp3) is 0.750. The largest absolute Gasteiger partial charge is 0.434 e. The zero-order valence-electron chi connectivity index (χ0n) is 17.6. The third-order valence-electron chi connectivity index (χ3n) is 5.90. The molecule has 0 aromatic carbocycles. The zero-order valence-corrected chi connectivity index (χ0v) is 17.6. The summed E-state index contributed by atoms with van der Waals surface area (Å²) in [5.41, 5.74) is -2.80. The average molecular weight is 471 g/mol. The Morgan fingerprint density at radius 1 is 1.19 bits per heavy atom. The minimum Gasteiger partial charge on any atom is -0.375 e. The maximum Gasteiger partial charge on any atom is 0.434 e. The molecule has 2 unspecified atom stereocenters. The van der Waals surface area contributed by atoms with E-state index in [0.29, 0.717) is 18.4 Å². The van der Waals surface area contributed by atoms with E-state index in [0.717, 1.165) is 12.8 Å². The Bertz CT molecular complexity index is 831. The highest BCUT2D eigenvalue weighted by Gasteiger charge is 2.64. The van der Waals surface area contributed by atoms with Crippen LogP contribution in [-0.4, -0.2) is 57.9 Å². The third kappa shape index (κ3) is 4.99. The number of nitrogens with zero attached hydrogens (tertiary/aromatic N) is 3. The molecule has 3 aliphatic heterocycles. The summed E-state index contributed by atoms with van der Waals surface area (Å²) in [6, 6.07) is 0. The fourth-order valence-corrected chi connectivity index (χ4v) is 4.34. The first-order valence-corrected chi connectivity index (χ1v) is 10.4. The Morgan fingerprint density at radius 3 is 2.28 bits per heavy atom. The van der Waals surface area contributed by atoms with E-state index in [1.165, 1.54) is 32.1 Å². The third-order valence-corrected chi connectivity index (χ3v) is 5.90. The molecular formula is C20H24F7N3O2. The number of halogens is 7. The molecule has 4 rings (SSSR count).